The molecule has 0 unspecified atom stereocenters. The SMILES string of the molecule is CC(C)(C)[Si](C)(C)Oc1cccc(-c2ccc(C=O)c(S)c2)c1. The average Bonchev–Trinajstić information content (AvgIpc) is 2.45. The molecule has 2 aromatic carbocycles. The van der Waals surface area contributed by atoms with Crippen molar-refractivity contribution in [1.82, 2.24) is 0 Å². The molecule has 0 heterocycles. The van der Waals surface area contributed by atoms with E-state index in [1.165, 1.54) is 0 Å². The molecule has 0 saturated heterocycles. The van der Waals surface area contributed by atoms with Gasteiger partial charge in [0.2, 0.25) is 8.32 Å². The topological polar surface area (TPSA) is 26.3 Å². The van der Waals surface area contributed by atoms with Crippen LogP contribution in [-0.4, -0.2) is 14.6 Å². The van der Waals surface area contributed by atoms with Crippen LogP contribution in [0.15, 0.2) is 47.4 Å². The molecule has 0 aliphatic rings. The smallest absolute Gasteiger partial charge is 0.250 e. The Morgan fingerprint density at radius 1 is 1.04 bits per heavy atom. The molecule has 0 saturated carbocycles. The van der Waals surface area contributed by atoms with Crippen LogP contribution in [0.3, 0.4) is 0 Å². The number of thiol groups is 1. The van der Waals surface area contributed by atoms with Crippen molar-refractivity contribution in [1.29, 1.82) is 0 Å². The Morgan fingerprint density at radius 3 is 2.26 bits per heavy atom. The van der Waals surface area contributed by atoms with Gasteiger partial charge in [0.1, 0.15) is 5.75 Å². The van der Waals surface area contributed by atoms with E-state index in [4.69, 9.17) is 4.43 Å². The van der Waals surface area contributed by atoms with Crippen molar-refractivity contribution < 1.29 is 9.22 Å². The molecule has 2 aromatic rings. The lowest BCUT2D eigenvalue weighted by Crippen LogP contribution is -2.43. The second kappa shape index (κ2) is 6.54. The van der Waals surface area contributed by atoms with Crippen molar-refractivity contribution >= 4 is 27.2 Å². The predicted molar refractivity (Wildman–Crippen MR) is 102 cm³/mol. The van der Waals surface area contributed by atoms with E-state index < -0.39 is 8.32 Å². The van der Waals surface area contributed by atoms with E-state index in [9.17, 15) is 4.79 Å². The minimum absolute atomic E-state index is 0.160. The molecule has 0 atom stereocenters. The van der Waals surface area contributed by atoms with Crippen molar-refractivity contribution in [2.24, 2.45) is 0 Å². The number of carbonyl (C=O) groups is 1. The van der Waals surface area contributed by atoms with Crippen LogP contribution in [0.4, 0.5) is 0 Å². The van der Waals surface area contributed by atoms with Gasteiger partial charge in [0.25, 0.3) is 0 Å². The Labute approximate surface area is 145 Å². The Balaban J connectivity index is 2.34. The highest BCUT2D eigenvalue weighted by molar-refractivity contribution is 7.80. The van der Waals surface area contributed by atoms with Gasteiger partial charge in [-0.2, -0.15) is 0 Å². The van der Waals surface area contributed by atoms with Gasteiger partial charge in [0.05, 0.1) is 0 Å². The first kappa shape index (κ1) is 17.8. The van der Waals surface area contributed by atoms with Crippen molar-refractivity contribution in [2.45, 2.75) is 43.8 Å². The quantitative estimate of drug-likeness (QED) is 0.428. The molecule has 0 aromatic heterocycles. The zero-order chi connectivity index (χ0) is 17.3. The molecule has 0 N–H and O–H groups in total. The molecule has 0 amide bonds. The van der Waals surface area contributed by atoms with Gasteiger partial charge in [0, 0.05) is 10.5 Å². The van der Waals surface area contributed by atoms with Crippen LogP contribution < -0.4 is 4.43 Å². The molecule has 0 spiro atoms. The van der Waals surface area contributed by atoms with Crippen LogP contribution in [0.1, 0.15) is 31.1 Å². The highest BCUT2D eigenvalue weighted by Gasteiger charge is 2.38. The van der Waals surface area contributed by atoms with Crippen LogP contribution in [0, 0.1) is 0 Å². The molecule has 122 valence electrons. The van der Waals surface area contributed by atoms with Gasteiger partial charge in [-0.3, -0.25) is 4.79 Å². The standard InChI is InChI=1S/C19H24O2SSi/c1-19(2,3)23(4,5)21-17-8-6-7-14(11-17)15-9-10-16(13-20)18(22)12-15/h6-13,22H,1-5H3. The van der Waals surface area contributed by atoms with Crippen LogP contribution in [-0.2, 0) is 0 Å². The fourth-order valence-electron chi connectivity index (χ4n) is 2.01. The third-order valence-electron chi connectivity index (χ3n) is 4.50. The lowest BCUT2D eigenvalue weighted by molar-refractivity contribution is 0.112. The maximum atomic E-state index is 10.9. The Hall–Kier alpha value is -1.52. The summed E-state index contributed by atoms with van der Waals surface area (Å²) in [6.45, 7) is 11.2. The summed E-state index contributed by atoms with van der Waals surface area (Å²) in [5, 5.41) is 0.160. The average molecular weight is 345 g/mol. The number of benzene rings is 2. The van der Waals surface area contributed by atoms with Crippen molar-refractivity contribution in [2.75, 3.05) is 0 Å². The molecule has 4 heteroatoms. The minimum atomic E-state index is -1.86. The first-order valence-corrected chi connectivity index (χ1v) is 11.1. The molecular weight excluding hydrogens is 320 g/mol. The van der Waals surface area contributed by atoms with E-state index in [1.807, 2.05) is 30.3 Å². The van der Waals surface area contributed by atoms with E-state index in [2.05, 4.69) is 52.6 Å². The summed E-state index contributed by atoms with van der Waals surface area (Å²) in [6.07, 6.45) is 0.823. The monoisotopic (exact) mass is 344 g/mol. The molecular formula is C19H24O2SSi. The van der Waals surface area contributed by atoms with Crippen LogP contribution in [0.2, 0.25) is 18.1 Å². The van der Waals surface area contributed by atoms with Crippen LogP contribution >= 0.6 is 12.6 Å². The molecule has 0 aliphatic heterocycles. The Morgan fingerprint density at radius 2 is 1.70 bits per heavy atom. The van der Waals surface area contributed by atoms with Gasteiger partial charge in [0.15, 0.2) is 6.29 Å². The highest BCUT2D eigenvalue weighted by Crippen LogP contribution is 2.38. The number of rotatable bonds is 4. The summed E-state index contributed by atoms with van der Waals surface area (Å²) in [5.41, 5.74) is 2.70. The molecule has 0 aliphatic carbocycles. The molecule has 2 rings (SSSR count). The van der Waals surface area contributed by atoms with Gasteiger partial charge >= 0.3 is 0 Å². The fraction of sp³-hybridized carbons (Fsp3) is 0.316. The van der Waals surface area contributed by atoms with Crippen molar-refractivity contribution in [3.05, 3.63) is 48.0 Å². The third kappa shape index (κ3) is 4.06. The Bertz CT molecular complexity index is 718. The first-order valence-electron chi connectivity index (χ1n) is 7.72. The fourth-order valence-corrected chi connectivity index (χ4v) is 3.30. The molecule has 2 nitrogen and oxygen atoms in total. The summed E-state index contributed by atoms with van der Waals surface area (Å²) in [5.74, 6) is 0.897. The number of carbonyl (C=O) groups excluding carboxylic acids is 1. The molecule has 0 fully saturated rings. The van der Waals surface area contributed by atoms with E-state index in [1.54, 1.807) is 6.07 Å². The van der Waals surface area contributed by atoms with Crippen LogP contribution in [0.25, 0.3) is 11.1 Å². The number of aldehydes is 1. The summed E-state index contributed by atoms with van der Waals surface area (Å²) in [7, 11) is -1.86. The van der Waals surface area contributed by atoms with E-state index in [-0.39, 0.29) is 5.04 Å². The molecule has 0 bridgehead atoms. The zero-order valence-corrected chi connectivity index (χ0v) is 16.3. The second-order valence-corrected chi connectivity index (χ2v) is 12.5. The van der Waals surface area contributed by atoms with Gasteiger partial charge < -0.3 is 4.43 Å². The second-order valence-electron chi connectivity index (χ2n) is 7.28. The third-order valence-corrected chi connectivity index (χ3v) is 9.25. The predicted octanol–water partition coefficient (Wildman–Crippen LogP) is 5.84. The van der Waals surface area contributed by atoms with Gasteiger partial charge in [-0.15, -0.1) is 12.6 Å². The van der Waals surface area contributed by atoms with E-state index >= 15 is 0 Å². The molecule has 0 radical (unpaired) electrons. The van der Waals surface area contributed by atoms with Gasteiger partial charge in [-0.1, -0.05) is 39.0 Å². The Kier molecular flexibility index (Phi) is 5.06. The largest absolute Gasteiger partial charge is 0.543 e. The number of hydrogen-bond donors (Lipinski definition) is 1. The maximum absolute atomic E-state index is 10.9. The normalized spacial score (nSPS) is 12.1. The van der Waals surface area contributed by atoms with Gasteiger partial charge in [-0.05, 0) is 53.5 Å². The minimum Gasteiger partial charge on any atom is -0.543 e. The lowest BCUT2D eigenvalue weighted by Gasteiger charge is -2.36. The first-order chi connectivity index (χ1) is 10.6. The summed E-state index contributed by atoms with van der Waals surface area (Å²) in [4.78, 5) is 11.6. The van der Waals surface area contributed by atoms with Gasteiger partial charge in [-0.25, -0.2) is 0 Å². The van der Waals surface area contributed by atoms with Crippen molar-refractivity contribution in [3.8, 4) is 16.9 Å². The highest BCUT2D eigenvalue weighted by atomic mass is 32.1. The van der Waals surface area contributed by atoms with E-state index in [0.717, 1.165) is 23.2 Å². The lowest BCUT2D eigenvalue weighted by atomic mass is 10.0. The zero-order valence-electron chi connectivity index (χ0n) is 14.4. The van der Waals surface area contributed by atoms with E-state index in [0.29, 0.717) is 10.5 Å². The number of hydrogen-bond acceptors (Lipinski definition) is 3. The summed E-state index contributed by atoms with van der Waals surface area (Å²) < 4.78 is 6.37. The summed E-state index contributed by atoms with van der Waals surface area (Å²) >= 11 is 4.37. The van der Waals surface area contributed by atoms with Crippen molar-refractivity contribution in [3.63, 3.8) is 0 Å². The maximum Gasteiger partial charge on any atom is 0.250 e. The summed E-state index contributed by atoms with van der Waals surface area (Å²) in [6, 6.07) is 13.8. The molecule has 23 heavy (non-hydrogen) atoms. The van der Waals surface area contributed by atoms with Crippen LogP contribution in [0.5, 0.6) is 5.75 Å².